The fraction of sp³-hybridized carbons (Fsp3) is 0.824. The molecule has 0 aromatic heterocycles. The molecule has 0 atom stereocenters. The monoisotopic (exact) mass is 278 g/mol. The van der Waals surface area contributed by atoms with Crippen molar-refractivity contribution in [1.29, 1.82) is 0 Å². The van der Waals surface area contributed by atoms with Crippen molar-refractivity contribution in [2.24, 2.45) is 5.92 Å². The molecule has 2 rings (SSSR count). The molecular weight excluding hydrogens is 248 g/mol. The zero-order chi connectivity index (χ0) is 14.4. The highest BCUT2D eigenvalue weighted by Crippen LogP contribution is 2.28. The van der Waals surface area contributed by atoms with Gasteiger partial charge in [0.15, 0.2) is 0 Å². The molecule has 1 aliphatic carbocycles. The third-order valence-electron chi connectivity index (χ3n) is 4.72. The molecule has 2 aliphatic rings. The van der Waals surface area contributed by atoms with E-state index in [0.29, 0.717) is 5.91 Å². The molecule has 1 aliphatic heterocycles. The van der Waals surface area contributed by atoms with E-state index in [1.54, 1.807) is 0 Å². The Morgan fingerprint density at radius 1 is 1.10 bits per heavy atom. The number of amides is 1. The molecule has 3 heteroatoms. The first-order valence-corrected chi connectivity index (χ1v) is 8.28. The quantitative estimate of drug-likeness (QED) is 0.722. The SMILES string of the molecule is CC(C)=CCN1CCN(C(=O)CCC2CCCC2)CC1. The van der Waals surface area contributed by atoms with E-state index in [9.17, 15) is 4.79 Å². The maximum absolute atomic E-state index is 12.2. The Bertz CT molecular complexity index is 333. The van der Waals surface area contributed by atoms with Crippen molar-refractivity contribution in [1.82, 2.24) is 9.80 Å². The number of hydrogen-bond donors (Lipinski definition) is 0. The summed E-state index contributed by atoms with van der Waals surface area (Å²) in [6.07, 6.45) is 9.63. The minimum Gasteiger partial charge on any atom is -0.340 e. The molecular formula is C17H30N2O. The van der Waals surface area contributed by atoms with Gasteiger partial charge in [0.25, 0.3) is 0 Å². The van der Waals surface area contributed by atoms with Crippen LogP contribution in [0.1, 0.15) is 52.4 Å². The molecule has 1 saturated heterocycles. The smallest absolute Gasteiger partial charge is 0.222 e. The van der Waals surface area contributed by atoms with Crippen LogP contribution in [0.4, 0.5) is 0 Å². The number of rotatable bonds is 5. The first kappa shape index (κ1) is 15.6. The molecule has 1 saturated carbocycles. The van der Waals surface area contributed by atoms with E-state index < -0.39 is 0 Å². The van der Waals surface area contributed by atoms with Gasteiger partial charge in [-0.15, -0.1) is 0 Å². The summed E-state index contributed by atoms with van der Waals surface area (Å²) in [6, 6.07) is 0. The fourth-order valence-electron chi connectivity index (χ4n) is 3.28. The molecule has 0 aromatic carbocycles. The third kappa shape index (κ3) is 4.93. The molecule has 2 fully saturated rings. The lowest BCUT2D eigenvalue weighted by Gasteiger charge is -2.34. The van der Waals surface area contributed by atoms with Gasteiger partial charge in [0.05, 0.1) is 0 Å². The van der Waals surface area contributed by atoms with Gasteiger partial charge in [0, 0.05) is 39.1 Å². The van der Waals surface area contributed by atoms with Gasteiger partial charge in [-0.3, -0.25) is 9.69 Å². The minimum absolute atomic E-state index is 0.388. The Balaban J connectivity index is 1.64. The molecule has 0 unspecified atom stereocenters. The van der Waals surface area contributed by atoms with Crippen LogP contribution in [0.25, 0.3) is 0 Å². The van der Waals surface area contributed by atoms with Gasteiger partial charge in [-0.2, -0.15) is 0 Å². The number of piperazine rings is 1. The second-order valence-electron chi connectivity index (χ2n) is 6.65. The lowest BCUT2D eigenvalue weighted by Crippen LogP contribution is -2.48. The maximum Gasteiger partial charge on any atom is 0.222 e. The summed E-state index contributed by atoms with van der Waals surface area (Å²) in [7, 11) is 0. The average Bonchev–Trinajstić information content (AvgIpc) is 2.96. The van der Waals surface area contributed by atoms with E-state index in [-0.39, 0.29) is 0 Å². The number of hydrogen-bond acceptors (Lipinski definition) is 2. The van der Waals surface area contributed by atoms with Gasteiger partial charge < -0.3 is 4.90 Å². The van der Waals surface area contributed by atoms with Gasteiger partial charge in [-0.1, -0.05) is 37.3 Å². The highest BCUT2D eigenvalue weighted by atomic mass is 16.2. The molecule has 1 amide bonds. The van der Waals surface area contributed by atoms with Crippen LogP contribution in [0.3, 0.4) is 0 Å². The van der Waals surface area contributed by atoms with Crippen LogP contribution in [0, 0.1) is 5.92 Å². The molecule has 0 aromatic rings. The summed E-state index contributed by atoms with van der Waals surface area (Å²) < 4.78 is 0. The van der Waals surface area contributed by atoms with Gasteiger partial charge >= 0.3 is 0 Å². The Morgan fingerprint density at radius 3 is 2.35 bits per heavy atom. The molecule has 114 valence electrons. The van der Waals surface area contributed by atoms with Gasteiger partial charge in [0.1, 0.15) is 0 Å². The van der Waals surface area contributed by atoms with Crippen LogP contribution in [0.15, 0.2) is 11.6 Å². The number of carbonyl (C=O) groups is 1. The summed E-state index contributed by atoms with van der Waals surface area (Å²) in [4.78, 5) is 16.7. The molecule has 20 heavy (non-hydrogen) atoms. The lowest BCUT2D eigenvalue weighted by molar-refractivity contribution is -0.133. The predicted molar refractivity (Wildman–Crippen MR) is 83.6 cm³/mol. The van der Waals surface area contributed by atoms with Crippen molar-refractivity contribution >= 4 is 5.91 Å². The zero-order valence-corrected chi connectivity index (χ0v) is 13.2. The highest BCUT2D eigenvalue weighted by molar-refractivity contribution is 5.76. The Labute approximate surface area is 124 Å². The summed E-state index contributed by atoms with van der Waals surface area (Å²) >= 11 is 0. The van der Waals surface area contributed by atoms with Gasteiger partial charge in [-0.05, 0) is 26.2 Å². The zero-order valence-electron chi connectivity index (χ0n) is 13.2. The number of carbonyl (C=O) groups excluding carboxylic acids is 1. The standard InChI is InChI=1S/C17H30N2O/c1-15(2)9-10-18-11-13-19(14-12-18)17(20)8-7-16-5-3-4-6-16/h9,16H,3-8,10-14H2,1-2H3. The second-order valence-corrected chi connectivity index (χ2v) is 6.65. The van der Waals surface area contributed by atoms with Crippen molar-refractivity contribution in [3.8, 4) is 0 Å². The van der Waals surface area contributed by atoms with Crippen LogP contribution in [0.2, 0.25) is 0 Å². The number of nitrogens with zero attached hydrogens (tertiary/aromatic N) is 2. The first-order chi connectivity index (χ1) is 9.65. The van der Waals surface area contributed by atoms with Crippen LogP contribution in [0.5, 0.6) is 0 Å². The normalized spacial score (nSPS) is 21.2. The van der Waals surface area contributed by atoms with Crippen molar-refractivity contribution in [3.05, 3.63) is 11.6 Å². The topological polar surface area (TPSA) is 23.6 Å². The predicted octanol–water partition coefficient (Wildman–Crippen LogP) is 3.07. The van der Waals surface area contributed by atoms with Crippen molar-refractivity contribution < 1.29 is 4.79 Å². The Kier molecular flexibility index (Phi) is 6.08. The number of allylic oxidation sites excluding steroid dienone is 1. The third-order valence-corrected chi connectivity index (χ3v) is 4.72. The van der Waals surface area contributed by atoms with Crippen LogP contribution in [-0.4, -0.2) is 48.4 Å². The second kappa shape index (κ2) is 7.82. The summed E-state index contributed by atoms with van der Waals surface area (Å²) in [6.45, 7) is 9.20. The molecule has 0 spiro atoms. The Hall–Kier alpha value is -0.830. The minimum atomic E-state index is 0.388. The first-order valence-electron chi connectivity index (χ1n) is 8.28. The molecule has 0 bridgehead atoms. The fourth-order valence-corrected chi connectivity index (χ4v) is 3.28. The van der Waals surface area contributed by atoms with E-state index in [4.69, 9.17) is 0 Å². The van der Waals surface area contributed by atoms with Crippen LogP contribution < -0.4 is 0 Å². The molecule has 0 radical (unpaired) electrons. The van der Waals surface area contributed by atoms with Crippen molar-refractivity contribution in [2.75, 3.05) is 32.7 Å². The van der Waals surface area contributed by atoms with E-state index in [1.165, 1.54) is 31.3 Å². The average molecular weight is 278 g/mol. The van der Waals surface area contributed by atoms with Crippen LogP contribution in [-0.2, 0) is 4.79 Å². The lowest BCUT2D eigenvalue weighted by atomic mass is 10.0. The summed E-state index contributed by atoms with van der Waals surface area (Å²) in [5.41, 5.74) is 1.38. The molecule has 1 heterocycles. The van der Waals surface area contributed by atoms with E-state index in [1.807, 2.05) is 0 Å². The van der Waals surface area contributed by atoms with Gasteiger partial charge in [0.2, 0.25) is 5.91 Å². The maximum atomic E-state index is 12.2. The van der Waals surface area contributed by atoms with Gasteiger partial charge in [-0.25, -0.2) is 0 Å². The summed E-state index contributed by atoms with van der Waals surface area (Å²) in [5.74, 6) is 1.22. The van der Waals surface area contributed by atoms with E-state index >= 15 is 0 Å². The van der Waals surface area contributed by atoms with E-state index in [2.05, 4.69) is 29.7 Å². The highest BCUT2D eigenvalue weighted by Gasteiger charge is 2.22. The summed E-state index contributed by atoms with van der Waals surface area (Å²) in [5, 5.41) is 0. The van der Waals surface area contributed by atoms with Crippen molar-refractivity contribution in [3.63, 3.8) is 0 Å². The largest absolute Gasteiger partial charge is 0.340 e. The molecule has 3 nitrogen and oxygen atoms in total. The Morgan fingerprint density at radius 2 is 1.75 bits per heavy atom. The van der Waals surface area contributed by atoms with Crippen LogP contribution >= 0.6 is 0 Å². The van der Waals surface area contributed by atoms with Crippen molar-refractivity contribution in [2.45, 2.75) is 52.4 Å². The molecule has 0 N–H and O–H groups in total. The van der Waals surface area contributed by atoms with E-state index in [0.717, 1.165) is 51.5 Å².